The Labute approximate surface area is 120 Å². The Kier molecular flexibility index (Phi) is 3.33. The molecule has 0 unspecified atom stereocenters. The fourth-order valence-corrected chi connectivity index (χ4v) is 2.09. The van der Waals surface area contributed by atoms with Gasteiger partial charge in [0.15, 0.2) is 11.5 Å². The number of rotatable bonds is 4. The van der Waals surface area contributed by atoms with Crippen molar-refractivity contribution < 1.29 is 4.79 Å². The lowest BCUT2D eigenvalue weighted by Crippen LogP contribution is -2.34. The van der Waals surface area contributed by atoms with Gasteiger partial charge in [-0.2, -0.15) is 0 Å². The number of ketones is 1. The van der Waals surface area contributed by atoms with Gasteiger partial charge in [0.05, 0.1) is 12.4 Å². The quantitative estimate of drug-likeness (QED) is 0.605. The standard InChI is InChI=1S/C14H14N6O/c15-9(6-8-4-2-1-3-5-8)11(21)14-19-12(16)10-13(20-14)18-7-17-10/h1-5,7,9H,6,15H2,(H3,16,17,18,19,20)/t9-/m0/s1. The summed E-state index contributed by atoms with van der Waals surface area (Å²) in [4.78, 5) is 27.2. The van der Waals surface area contributed by atoms with E-state index in [2.05, 4.69) is 19.9 Å². The summed E-state index contributed by atoms with van der Waals surface area (Å²) in [5.74, 6) is -0.168. The van der Waals surface area contributed by atoms with Crippen molar-refractivity contribution in [3.05, 3.63) is 48.0 Å². The fourth-order valence-electron chi connectivity index (χ4n) is 2.09. The molecule has 0 radical (unpaired) electrons. The maximum absolute atomic E-state index is 12.3. The second-order valence-corrected chi connectivity index (χ2v) is 4.69. The molecule has 1 atom stereocenters. The number of hydrogen-bond donors (Lipinski definition) is 3. The van der Waals surface area contributed by atoms with E-state index in [-0.39, 0.29) is 17.4 Å². The summed E-state index contributed by atoms with van der Waals surface area (Å²) < 4.78 is 0. The van der Waals surface area contributed by atoms with Crippen molar-refractivity contribution in [1.29, 1.82) is 0 Å². The highest BCUT2D eigenvalue weighted by atomic mass is 16.1. The normalized spacial score (nSPS) is 12.4. The number of nitrogens with two attached hydrogens (primary N) is 2. The highest BCUT2D eigenvalue weighted by Crippen LogP contribution is 2.14. The lowest BCUT2D eigenvalue weighted by atomic mass is 10.0. The molecule has 106 valence electrons. The summed E-state index contributed by atoms with van der Waals surface area (Å²) in [6.45, 7) is 0. The van der Waals surface area contributed by atoms with Crippen LogP contribution in [0.5, 0.6) is 0 Å². The molecular formula is C14H14N6O. The van der Waals surface area contributed by atoms with Crippen LogP contribution in [0.4, 0.5) is 5.82 Å². The Balaban J connectivity index is 1.86. The highest BCUT2D eigenvalue weighted by Gasteiger charge is 2.21. The smallest absolute Gasteiger partial charge is 0.217 e. The number of imidazole rings is 1. The number of carbonyl (C=O) groups is 1. The van der Waals surface area contributed by atoms with Crippen molar-refractivity contribution in [3.63, 3.8) is 0 Å². The third kappa shape index (κ3) is 2.59. The van der Waals surface area contributed by atoms with E-state index in [1.807, 2.05) is 30.3 Å². The number of anilines is 1. The molecule has 3 aromatic rings. The lowest BCUT2D eigenvalue weighted by molar-refractivity contribution is 0.0951. The second kappa shape index (κ2) is 5.29. The van der Waals surface area contributed by atoms with Crippen molar-refractivity contribution in [2.24, 2.45) is 5.73 Å². The molecule has 2 heterocycles. The summed E-state index contributed by atoms with van der Waals surface area (Å²) in [6, 6.07) is 8.82. The number of benzene rings is 1. The van der Waals surface area contributed by atoms with E-state index in [1.54, 1.807) is 0 Å². The average Bonchev–Trinajstić information content (AvgIpc) is 2.96. The van der Waals surface area contributed by atoms with Gasteiger partial charge in [-0.1, -0.05) is 30.3 Å². The van der Waals surface area contributed by atoms with Crippen LogP contribution in [0, 0.1) is 0 Å². The Hall–Kier alpha value is -2.80. The van der Waals surface area contributed by atoms with Crippen LogP contribution in [-0.2, 0) is 6.42 Å². The van der Waals surface area contributed by atoms with Crippen LogP contribution >= 0.6 is 0 Å². The van der Waals surface area contributed by atoms with E-state index in [1.165, 1.54) is 6.33 Å². The Morgan fingerprint density at radius 1 is 1.24 bits per heavy atom. The van der Waals surface area contributed by atoms with Gasteiger partial charge in [-0.3, -0.25) is 4.79 Å². The molecule has 0 aliphatic rings. The summed E-state index contributed by atoms with van der Waals surface area (Å²) in [5.41, 5.74) is 13.6. The summed E-state index contributed by atoms with van der Waals surface area (Å²) in [5, 5.41) is 0. The molecule has 0 amide bonds. The predicted octanol–water partition coefficient (Wildman–Crippen LogP) is 0.688. The molecule has 21 heavy (non-hydrogen) atoms. The summed E-state index contributed by atoms with van der Waals surface area (Å²) in [7, 11) is 0. The van der Waals surface area contributed by atoms with Gasteiger partial charge in [0.25, 0.3) is 0 Å². The van der Waals surface area contributed by atoms with Gasteiger partial charge in [-0.15, -0.1) is 0 Å². The van der Waals surface area contributed by atoms with E-state index >= 15 is 0 Å². The molecule has 0 aliphatic carbocycles. The van der Waals surface area contributed by atoms with E-state index in [0.29, 0.717) is 17.6 Å². The first-order valence-corrected chi connectivity index (χ1v) is 6.45. The number of nitrogen functional groups attached to an aromatic ring is 1. The SMILES string of the molecule is Nc1nc(C(=O)[C@@H](N)Cc2ccccc2)nc2nc[nH]c12. The van der Waals surface area contributed by atoms with Gasteiger partial charge in [0.1, 0.15) is 5.52 Å². The van der Waals surface area contributed by atoms with Crippen LogP contribution in [0.25, 0.3) is 11.2 Å². The largest absolute Gasteiger partial charge is 0.382 e. The van der Waals surface area contributed by atoms with Gasteiger partial charge in [0.2, 0.25) is 11.6 Å². The fraction of sp³-hybridized carbons (Fsp3) is 0.143. The van der Waals surface area contributed by atoms with E-state index < -0.39 is 6.04 Å². The van der Waals surface area contributed by atoms with E-state index in [0.717, 1.165) is 5.56 Å². The molecule has 0 saturated heterocycles. The van der Waals surface area contributed by atoms with E-state index in [4.69, 9.17) is 11.5 Å². The minimum atomic E-state index is -0.719. The first-order chi connectivity index (χ1) is 10.1. The molecule has 0 fully saturated rings. The molecule has 7 nitrogen and oxygen atoms in total. The average molecular weight is 282 g/mol. The number of Topliss-reactive ketones (excluding diaryl/α,β-unsaturated/α-hetero) is 1. The summed E-state index contributed by atoms with van der Waals surface area (Å²) in [6.07, 6.45) is 1.87. The van der Waals surface area contributed by atoms with Gasteiger partial charge < -0.3 is 16.5 Å². The molecule has 0 saturated carbocycles. The second-order valence-electron chi connectivity index (χ2n) is 4.69. The monoisotopic (exact) mass is 282 g/mol. The maximum Gasteiger partial charge on any atom is 0.217 e. The number of carbonyl (C=O) groups excluding carboxylic acids is 1. The van der Waals surface area contributed by atoms with Crippen LogP contribution in [-0.4, -0.2) is 31.8 Å². The first-order valence-electron chi connectivity index (χ1n) is 6.45. The molecule has 0 bridgehead atoms. The first kappa shape index (κ1) is 13.2. The molecule has 2 aromatic heterocycles. The van der Waals surface area contributed by atoms with Gasteiger partial charge in [-0.25, -0.2) is 15.0 Å². The maximum atomic E-state index is 12.3. The molecule has 5 N–H and O–H groups in total. The molecule has 1 aromatic carbocycles. The topological polar surface area (TPSA) is 124 Å². The molecular weight excluding hydrogens is 268 g/mol. The number of nitrogens with one attached hydrogen (secondary N) is 1. The molecule has 7 heteroatoms. The zero-order valence-electron chi connectivity index (χ0n) is 11.2. The zero-order chi connectivity index (χ0) is 14.8. The summed E-state index contributed by atoms with van der Waals surface area (Å²) >= 11 is 0. The van der Waals surface area contributed by atoms with Crippen molar-refractivity contribution in [2.75, 3.05) is 5.73 Å². The van der Waals surface area contributed by atoms with Gasteiger partial charge in [-0.05, 0) is 12.0 Å². The van der Waals surface area contributed by atoms with Crippen LogP contribution in [0.15, 0.2) is 36.7 Å². The van der Waals surface area contributed by atoms with Crippen LogP contribution < -0.4 is 11.5 Å². The van der Waals surface area contributed by atoms with E-state index in [9.17, 15) is 4.79 Å². The van der Waals surface area contributed by atoms with Crippen molar-refractivity contribution in [2.45, 2.75) is 12.5 Å². The van der Waals surface area contributed by atoms with Crippen LogP contribution in [0.1, 0.15) is 16.2 Å². The number of aromatic nitrogens is 4. The van der Waals surface area contributed by atoms with Crippen molar-refractivity contribution in [3.8, 4) is 0 Å². The predicted molar refractivity (Wildman–Crippen MR) is 78.5 cm³/mol. The van der Waals surface area contributed by atoms with Gasteiger partial charge in [0, 0.05) is 0 Å². The third-order valence-corrected chi connectivity index (χ3v) is 3.17. The number of H-pyrrole nitrogens is 1. The minimum absolute atomic E-state index is 0.00414. The van der Waals surface area contributed by atoms with Crippen molar-refractivity contribution in [1.82, 2.24) is 19.9 Å². The number of hydrogen-bond acceptors (Lipinski definition) is 6. The third-order valence-electron chi connectivity index (χ3n) is 3.17. The molecule has 0 spiro atoms. The van der Waals surface area contributed by atoms with Crippen LogP contribution in [0.2, 0.25) is 0 Å². The number of fused-ring (bicyclic) bond motifs is 1. The van der Waals surface area contributed by atoms with Crippen LogP contribution in [0.3, 0.4) is 0 Å². The number of nitrogens with zero attached hydrogens (tertiary/aromatic N) is 3. The van der Waals surface area contributed by atoms with Gasteiger partial charge >= 0.3 is 0 Å². The van der Waals surface area contributed by atoms with Crippen molar-refractivity contribution >= 4 is 22.8 Å². The Morgan fingerprint density at radius 3 is 2.76 bits per heavy atom. The molecule has 0 aliphatic heterocycles. The Morgan fingerprint density at radius 2 is 2.00 bits per heavy atom. The molecule has 3 rings (SSSR count). The minimum Gasteiger partial charge on any atom is -0.382 e. The zero-order valence-corrected chi connectivity index (χ0v) is 11.2. The number of aromatic amines is 1. The lowest BCUT2D eigenvalue weighted by Gasteiger charge is -2.10. The highest BCUT2D eigenvalue weighted by molar-refractivity contribution is 5.99. The Bertz CT molecular complexity index is 783.